The van der Waals surface area contributed by atoms with Crippen molar-refractivity contribution < 1.29 is 14.3 Å². The number of thiocarbonyl (C=S) groups is 1. The topological polar surface area (TPSA) is 62.5 Å². The first-order valence-corrected chi connectivity index (χ1v) is 4.64. The van der Waals surface area contributed by atoms with E-state index in [1.165, 1.54) is 6.26 Å². The van der Waals surface area contributed by atoms with E-state index in [0.29, 0.717) is 19.4 Å². The summed E-state index contributed by atoms with van der Waals surface area (Å²) in [7, 11) is 0. The van der Waals surface area contributed by atoms with Gasteiger partial charge >= 0.3 is 0 Å². The fraction of sp³-hybridized carbons (Fsp3) is 0.333. The van der Waals surface area contributed by atoms with Crippen LogP contribution in [0.2, 0.25) is 0 Å². The smallest absolute Gasteiger partial charge is 0.286 e. The molecule has 1 amide bonds. The number of amides is 1. The van der Waals surface area contributed by atoms with Crippen LogP contribution >= 0.6 is 12.2 Å². The molecular formula is C9H11NO3S. The molecule has 0 bridgehead atoms. The van der Waals surface area contributed by atoms with Crippen molar-refractivity contribution in [2.45, 2.75) is 12.8 Å². The first-order valence-electron chi connectivity index (χ1n) is 4.23. The van der Waals surface area contributed by atoms with Crippen molar-refractivity contribution in [3.8, 4) is 0 Å². The van der Waals surface area contributed by atoms with Crippen LogP contribution < -0.4 is 5.32 Å². The number of aliphatic hydroxyl groups is 1. The van der Waals surface area contributed by atoms with Gasteiger partial charge in [-0.2, -0.15) is 0 Å². The second-order valence-corrected chi connectivity index (χ2v) is 3.20. The Morgan fingerprint density at radius 1 is 1.64 bits per heavy atom. The molecule has 1 heterocycles. The number of hydrogen-bond donors (Lipinski definition) is 2. The lowest BCUT2D eigenvalue weighted by atomic mass is 10.3. The van der Waals surface area contributed by atoms with Gasteiger partial charge in [0.25, 0.3) is 5.91 Å². The molecule has 0 aliphatic rings. The number of hydrogen-bond acceptors (Lipinski definition) is 3. The average molecular weight is 213 g/mol. The summed E-state index contributed by atoms with van der Waals surface area (Å²) >= 11 is 4.48. The number of carbonyl (C=O) groups excluding carboxylic acids is 1. The second-order valence-electron chi connectivity index (χ2n) is 2.73. The predicted molar refractivity (Wildman–Crippen MR) is 55.5 cm³/mol. The summed E-state index contributed by atoms with van der Waals surface area (Å²) in [5.41, 5.74) is 0. The monoisotopic (exact) mass is 213 g/mol. The van der Waals surface area contributed by atoms with E-state index in [4.69, 9.17) is 9.52 Å². The highest BCUT2D eigenvalue weighted by Gasteiger charge is 2.06. The molecule has 2 N–H and O–H groups in total. The molecule has 0 radical (unpaired) electrons. The number of furan rings is 1. The lowest BCUT2D eigenvalue weighted by molar-refractivity contribution is 0.0925. The van der Waals surface area contributed by atoms with Crippen LogP contribution in [0.5, 0.6) is 0 Å². The summed E-state index contributed by atoms with van der Waals surface area (Å²) in [4.78, 5) is 11.3. The van der Waals surface area contributed by atoms with Crippen LogP contribution in [0, 0.1) is 0 Å². The van der Waals surface area contributed by atoms with Gasteiger partial charge in [0.1, 0.15) is 0 Å². The molecule has 0 atom stereocenters. The molecule has 1 aromatic heterocycles. The minimum atomic E-state index is -0.251. The van der Waals surface area contributed by atoms with Gasteiger partial charge in [-0.3, -0.25) is 4.79 Å². The summed E-state index contributed by atoms with van der Waals surface area (Å²) in [6.45, 7) is 0.472. The fourth-order valence-electron chi connectivity index (χ4n) is 0.936. The molecule has 0 aliphatic heterocycles. The first-order chi connectivity index (χ1) is 6.70. The Kier molecular flexibility index (Phi) is 4.12. The molecule has 0 fully saturated rings. The fourth-order valence-corrected chi connectivity index (χ4v) is 1.08. The lowest BCUT2D eigenvalue weighted by Crippen LogP contribution is -2.24. The van der Waals surface area contributed by atoms with Gasteiger partial charge in [-0.05, 0) is 30.8 Å². The van der Waals surface area contributed by atoms with Crippen molar-refractivity contribution in [1.82, 2.24) is 5.32 Å². The molecule has 5 heteroatoms. The minimum Gasteiger partial charge on any atom is -0.502 e. The third-order valence-corrected chi connectivity index (χ3v) is 1.80. The predicted octanol–water partition coefficient (Wildman–Crippen LogP) is 1.68. The zero-order valence-corrected chi connectivity index (χ0v) is 8.34. The minimum absolute atomic E-state index is 0.0303. The van der Waals surface area contributed by atoms with E-state index in [-0.39, 0.29) is 16.7 Å². The van der Waals surface area contributed by atoms with E-state index in [2.05, 4.69) is 17.5 Å². The van der Waals surface area contributed by atoms with Gasteiger partial charge in [-0.15, -0.1) is 0 Å². The third-order valence-electron chi connectivity index (χ3n) is 1.60. The maximum Gasteiger partial charge on any atom is 0.286 e. The van der Waals surface area contributed by atoms with Gasteiger partial charge in [0.15, 0.2) is 10.8 Å². The zero-order chi connectivity index (χ0) is 10.4. The Labute approximate surface area is 86.9 Å². The summed E-state index contributed by atoms with van der Waals surface area (Å²) in [6.07, 6.45) is 2.49. The molecule has 76 valence electrons. The third kappa shape index (κ3) is 3.57. The van der Waals surface area contributed by atoms with Crippen molar-refractivity contribution >= 4 is 23.2 Å². The Bertz CT molecular complexity index is 308. The summed E-state index contributed by atoms with van der Waals surface area (Å²) in [5.74, 6) is 0.0374. The Balaban J connectivity index is 2.19. The maximum absolute atomic E-state index is 11.3. The van der Waals surface area contributed by atoms with Crippen LogP contribution in [-0.2, 0) is 0 Å². The Hall–Kier alpha value is -1.36. The molecule has 14 heavy (non-hydrogen) atoms. The van der Waals surface area contributed by atoms with Gasteiger partial charge in [0, 0.05) is 13.0 Å². The standard InChI is InChI=1S/C9H11NO3S/c11-8(14)4-1-5-10-9(12)7-3-2-6-13-7/h2-3,6H,1,4-5H2,(H,10,12)(H,11,14). The molecule has 1 aromatic rings. The van der Waals surface area contributed by atoms with Gasteiger partial charge in [0.05, 0.1) is 6.26 Å². The van der Waals surface area contributed by atoms with Gasteiger partial charge in [0.2, 0.25) is 0 Å². The maximum atomic E-state index is 11.3. The van der Waals surface area contributed by atoms with Crippen molar-refractivity contribution in [2.75, 3.05) is 6.54 Å². The van der Waals surface area contributed by atoms with Crippen LogP contribution in [0.4, 0.5) is 0 Å². The summed E-state index contributed by atoms with van der Waals surface area (Å²) < 4.78 is 4.89. The molecule has 0 saturated carbocycles. The molecule has 0 aliphatic carbocycles. The lowest BCUT2D eigenvalue weighted by Gasteiger charge is -2.01. The summed E-state index contributed by atoms with van der Waals surface area (Å²) in [6, 6.07) is 3.24. The van der Waals surface area contributed by atoms with Gasteiger partial charge in [-0.1, -0.05) is 0 Å². The van der Waals surface area contributed by atoms with E-state index in [0.717, 1.165) is 0 Å². The zero-order valence-electron chi connectivity index (χ0n) is 7.53. The van der Waals surface area contributed by atoms with Crippen LogP contribution in [-0.4, -0.2) is 22.6 Å². The largest absolute Gasteiger partial charge is 0.502 e. The van der Waals surface area contributed by atoms with Crippen LogP contribution in [0.3, 0.4) is 0 Å². The normalized spacial score (nSPS) is 9.71. The highest BCUT2D eigenvalue weighted by Crippen LogP contribution is 1.99. The van der Waals surface area contributed by atoms with Crippen molar-refractivity contribution in [2.24, 2.45) is 0 Å². The van der Waals surface area contributed by atoms with Crippen LogP contribution in [0.25, 0.3) is 0 Å². The second kappa shape index (κ2) is 5.39. The van der Waals surface area contributed by atoms with Gasteiger partial charge in [-0.25, -0.2) is 0 Å². The number of nitrogens with one attached hydrogen (secondary N) is 1. The van der Waals surface area contributed by atoms with E-state index < -0.39 is 0 Å². The highest BCUT2D eigenvalue weighted by molar-refractivity contribution is 7.80. The number of carbonyl (C=O) groups is 1. The Morgan fingerprint density at radius 3 is 3.00 bits per heavy atom. The van der Waals surface area contributed by atoms with E-state index >= 15 is 0 Å². The van der Waals surface area contributed by atoms with E-state index in [1.807, 2.05) is 0 Å². The van der Waals surface area contributed by atoms with E-state index in [9.17, 15) is 4.79 Å². The Morgan fingerprint density at radius 2 is 2.43 bits per heavy atom. The quantitative estimate of drug-likeness (QED) is 0.577. The molecule has 0 spiro atoms. The molecule has 4 nitrogen and oxygen atoms in total. The SMILES string of the molecule is O=C(NCCCC(O)=S)c1ccco1. The summed E-state index contributed by atoms with van der Waals surface area (Å²) in [5, 5.41) is 11.3. The average Bonchev–Trinajstić information content (AvgIpc) is 2.64. The highest BCUT2D eigenvalue weighted by atomic mass is 32.1. The number of aliphatic hydroxyl groups excluding tert-OH is 1. The van der Waals surface area contributed by atoms with Crippen LogP contribution in [0.15, 0.2) is 22.8 Å². The van der Waals surface area contributed by atoms with E-state index in [1.54, 1.807) is 12.1 Å². The van der Waals surface area contributed by atoms with Crippen molar-refractivity contribution in [1.29, 1.82) is 0 Å². The van der Waals surface area contributed by atoms with Crippen LogP contribution in [0.1, 0.15) is 23.4 Å². The molecule has 1 rings (SSSR count). The molecular weight excluding hydrogens is 202 g/mol. The van der Waals surface area contributed by atoms with Crippen molar-refractivity contribution in [3.05, 3.63) is 24.2 Å². The number of rotatable bonds is 5. The molecule has 0 aromatic carbocycles. The first kappa shape index (κ1) is 10.7. The van der Waals surface area contributed by atoms with Crippen molar-refractivity contribution in [3.63, 3.8) is 0 Å². The van der Waals surface area contributed by atoms with Gasteiger partial charge < -0.3 is 14.8 Å². The molecule has 0 saturated heterocycles. The molecule has 0 unspecified atom stereocenters.